The molecule has 0 spiro atoms. The Morgan fingerprint density at radius 3 is 2.52 bits per heavy atom. The fourth-order valence-electron chi connectivity index (χ4n) is 2.69. The third kappa shape index (κ3) is 3.83. The highest BCUT2D eigenvalue weighted by molar-refractivity contribution is 5.89. The van der Waals surface area contributed by atoms with Crippen LogP contribution in [0.2, 0.25) is 0 Å². The van der Waals surface area contributed by atoms with Crippen LogP contribution < -0.4 is 5.73 Å². The Labute approximate surface area is 125 Å². The van der Waals surface area contributed by atoms with Crippen LogP contribution in [-0.2, 0) is 4.79 Å². The average molecular weight is 291 g/mol. The van der Waals surface area contributed by atoms with Gasteiger partial charge in [0.2, 0.25) is 5.91 Å². The molecule has 1 aromatic rings. The van der Waals surface area contributed by atoms with E-state index >= 15 is 0 Å². The van der Waals surface area contributed by atoms with Gasteiger partial charge in [-0.3, -0.25) is 9.59 Å². The summed E-state index contributed by atoms with van der Waals surface area (Å²) in [4.78, 5) is 29.3. The minimum atomic E-state index is -0.539. The molecule has 1 aliphatic heterocycles. The molecule has 2 heterocycles. The molecule has 21 heavy (non-hydrogen) atoms. The maximum absolute atomic E-state index is 12.2. The summed E-state index contributed by atoms with van der Waals surface area (Å²) in [5.74, 6) is -0.0924. The van der Waals surface area contributed by atoms with E-state index in [1.165, 1.54) is 0 Å². The van der Waals surface area contributed by atoms with Crippen molar-refractivity contribution in [1.29, 1.82) is 0 Å². The van der Waals surface area contributed by atoms with E-state index in [0.29, 0.717) is 19.5 Å². The highest BCUT2D eigenvalue weighted by Crippen LogP contribution is 2.26. The Kier molecular flexibility index (Phi) is 4.34. The lowest BCUT2D eigenvalue weighted by atomic mass is 9.91. The van der Waals surface area contributed by atoms with Gasteiger partial charge in [-0.15, -0.1) is 0 Å². The molecule has 0 aromatic carbocycles. The molecule has 2 amide bonds. The Bertz CT molecular complexity index is 522. The van der Waals surface area contributed by atoms with E-state index in [-0.39, 0.29) is 23.2 Å². The van der Waals surface area contributed by atoms with Gasteiger partial charge in [0.1, 0.15) is 6.20 Å². The second kappa shape index (κ2) is 5.87. The zero-order chi connectivity index (χ0) is 15.6. The molecule has 0 saturated carbocycles. The van der Waals surface area contributed by atoms with Gasteiger partial charge in [-0.2, -0.15) is 0 Å². The Hall–Kier alpha value is -1.85. The number of carbonyl (C=O) groups excluding carboxylic acids is 2. The second-order valence-corrected chi connectivity index (χ2v) is 6.81. The summed E-state index contributed by atoms with van der Waals surface area (Å²) >= 11 is 0. The quantitative estimate of drug-likeness (QED) is 0.913. The number of likely N-dealkylation sites (tertiary alicyclic amines) is 1. The first-order valence-corrected chi connectivity index (χ1v) is 7.30. The van der Waals surface area contributed by atoms with Crippen LogP contribution in [0.15, 0.2) is 6.20 Å². The zero-order valence-electron chi connectivity index (χ0n) is 12.9. The highest BCUT2D eigenvalue weighted by Gasteiger charge is 2.27. The fraction of sp³-hybridized carbons (Fsp3) is 0.667. The van der Waals surface area contributed by atoms with Crippen LogP contribution in [-0.4, -0.2) is 39.4 Å². The minimum Gasteiger partial charge on any atom is -0.363 e. The fourth-order valence-corrected chi connectivity index (χ4v) is 2.69. The standard InChI is InChI=1S/C15H23N4O2/c1-15(2,3)10-12(20)18-7-4-11(5-8-18)19-9-6-17-14(19)13(16)21/h9,11H,4-5,7-8,10H2,1-3H3,(H2,16,21). The largest absolute Gasteiger partial charge is 0.363 e. The van der Waals surface area contributed by atoms with Gasteiger partial charge < -0.3 is 15.2 Å². The summed E-state index contributed by atoms with van der Waals surface area (Å²) in [5, 5.41) is 0. The predicted octanol–water partition coefficient (Wildman–Crippen LogP) is 1.38. The molecule has 1 fully saturated rings. The molecular formula is C15H23N4O2. The summed E-state index contributed by atoms with van der Waals surface area (Å²) in [6.07, 6.45) is 6.51. The third-order valence-corrected chi connectivity index (χ3v) is 3.72. The lowest BCUT2D eigenvalue weighted by Crippen LogP contribution is -2.40. The van der Waals surface area contributed by atoms with Crippen molar-refractivity contribution >= 4 is 11.8 Å². The van der Waals surface area contributed by atoms with Crippen LogP contribution in [0, 0.1) is 11.6 Å². The molecule has 1 aromatic heterocycles. The monoisotopic (exact) mass is 291 g/mol. The molecule has 115 valence electrons. The van der Waals surface area contributed by atoms with Crippen LogP contribution in [0.1, 0.15) is 56.7 Å². The molecule has 0 unspecified atom stereocenters. The highest BCUT2D eigenvalue weighted by atomic mass is 16.2. The van der Waals surface area contributed by atoms with Crippen molar-refractivity contribution < 1.29 is 9.59 Å². The van der Waals surface area contributed by atoms with E-state index in [0.717, 1.165) is 12.8 Å². The minimum absolute atomic E-state index is 0.00633. The van der Waals surface area contributed by atoms with Gasteiger partial charge in [-0.1, -0.05) is 20.8 Å². The molecule has 6 heteroatoms. The molecule has 1 radical (unpaired) electrons. The summed E-state index contributed by atoms with van der Waals surface area (Å²) in [6.45, 7) is 7.61. The lowest BCUT2D eigenvalue weighted by Gasteiger charge is -2.34. The lowest BCUT2D eigenvalue weighted by molar-refractivity contribution is -0.134. The molecule has 1 aliphatic rings. The number of nitrogens with zero attached hydrogens (tertiary/aromatic N) is 3. The van der Waals surface area contributed by atoms with Gasteiger partial charge >= 0.3 is 0 Å². The number of primary amides is 1. The van der Waals surface area contributed by atoms with Crippen LogP contribution in [0.4, 0.5) is 0 Å². The molecule has 1 saturated heterocycles. The maximum atomic E-state index is 12.2. The van der Waals surface area contributed by atoms with E-state index in [9.17, 15) is 9.59 Å². The number of carbonyl (C=O) groups is 2. The molecule has 0 bridgehead atoms. The first-order chi connectivity index (χ1) is 9.78. The van der Waals surface area contributed by atoms with Gasteiger partial charge in [0.05, 0.1) is 0 Å². The van der Waals surface area contributed by atoms with E-state index < -0.39 is 5.91 Å². The SMILES string of the molecule is CC(C)(C)CC(=O)N1CCC(n2c[c]nc2C(N)=O)CC1. The first-order valence-electron chi connectivity index (χ1n) is 7.30. The molecule has 0 atom stereocenters. The van der Waals surface area contributed by atoms with Crippen LogP contribution >= 0.6 is 0 Å². The van der Waals surface area contributed by atoms with E-state index in [1.54, 1.807) is 10.8 Å². The Balaban J connectivity index is 1.96. The summed E-state index contributed by atoms with van der Waals surface area (Å²) < 4.78 is 1.79. The summed E-state index contributed by atoms with van der Waals surface area (Å²) in [6, 6.07) is 0.157. The van der Waals surface area contributed by atoms with E-state index in [1.807, 2.05) is 4.90 Å². The van der Waals surface area contributed by atoms with E-state index in [4.69, 9.17) is 5.73 Å². The number of amides is 2. The van der Waals surface area contributed by atoms with Crippen molar-refractivity contribution in [3.05, 3.63) is 18.2 Å². The number of rotatable bonds is 3. The number of nitrogens with two attached hydrogens (primary N) is 1. The van der Waals surface area contributed by atoms with Gasteiger partial charge in [-0.05, 0) is 18.3 Å². The smallest absolute Gasteiger partial charge is 0.284 e. The number of piperidine rings is 1. The van der Waals surface area contributed by atoms with Crippen LogP contribution in [0.3, 0.4) is 0 Å². The van der Waals surface area contributed by atoms with Crippen molar-refractivity contribution in [3.8, 4) is 0 Å². The van der Waals surface area contributed by atoms with Crippen molar-refractivity contribution in [3.63, 3.8) is 0 Å². The van der Waals surface area contributed by atoms with Gasteiger partial charge in [0.25, 0.3) is 5.91 Å². The van der Waals surface area contributed by atoms with Crippen LogP contribution in [0.5, 0.6) is 0 Å². The van der Waals surface area contributed by atoms with Gasteiger partial charge in [-0.25, -0.2) is 4.98 Å². The topological polar surface area (TPSA) is 81.2 Å². The predicted molar refractivity (Wildman–Crippen MR) is 78.5 cm³/mol. The molecule has 2 rings (SSSR count). The van der Waals surface area contributed by atoms with Gasteiger partial charge in [0, 0.05) is 31.7 Å². The molecule has 6 nitrogen and oxygen atoms in total. The normalized spacial score (nSPS) is 17.0. The summed E-state index contributed by atoms with van der Waals surface area (Å²) in [7, 11) is 0. The third-order valence-electron chi connectivity index (χ3n) is 3.72. The number of hydrogen-bond donors (Lipinski definition) is 1. The Morgan fingerprint density at radius 1 is 1.38 bits per heavy atom. The number of imidazole rings is 1. The zero-order valence-corrected chi connectivity index (χ0v) is 12.9. The molecular weight excluding hydrogens is 268 g/mol. The van der Waals surface area contributed by atoms with Gasteiger partial charge in [0.15, 0.2) is 5.82 Å². The van der Waals surface area contributed by atoms with Crippen LogP contribution in [0.25, 0.3) is 0 Å². The maximum Gasteiger partial charge on any atom is 0.284 e. The molecule has 0 aliphatic carbocycles. The van der Waals surface area contributed by atoms with Crippen molar-refractivity contribution in [2.45, 2.75) is 46.1 Å². The number of hydrogen-bond acceptors (Lipinski definition) is 3. The Morgan fingerprint density at radius 2 is 2.00 bits per heavy atom. The first kappa shape index (κ1) is 15.5. The summed E-state index contributed by atoms with van der Waals surface area (Å²) in [5.41, 5.74) is 5.31. The molecule has 2 N–H and O–H groups in total. The average Bonchev–Trinajstić information content (AvgIpc) is 2.86. The van der Waals surface area contributed by atoms with Crippen molar-refractivity contribution in [2.75, 3.05) is 13.1 Å². The van der Waals surface area contributed by atoms with Crippen molar-refractivity contribution in [1.82, 2.24) is 14.5 Å². The van der Waals surface area contributed by atoms with E-state index in [2.05, 4.69) is 32.0 Å². The second-order valence-electron chi connectivity index (χ2n) is 6.81. The number of aromatic nitrogens is 2. The van der Waals surface area contributed by atoms with Crippen molar-refractivity contribution in [2.24, 2.45) is 11.1 Å².